The summed E-state index contributed by atoms with van der Waals surface area (Å²) in [5, 5.41) is 0. The Morgan fingerprint density at radius 3 is 0.649 bits per heavy atom. The van der Waals surface area contributed by atoms with Gasteiger partial charge in [-0.1, -0.05) is 40.0 Å². The SMILES string of the molecule is CCCCC(CC)COC(=O)CCCCCOC(=O)CCCCCOC(=O)CCCCCOC(=O)CCCCCOC(=O)CCCCCOC(=O)CCCCCOC(=O)CCCCCOC(=O)CCCCCOC(=O)CCCCCOC(=O)CCCOC(=O)C(C)(C)CC. The second-order valence-electron chi connectivity index (χ2n) is 24.9. The van der Waals surface area contributed by atoms with Crippen LogP contribution in [-0.2, 0) is 105 Å². The zero-order chi connectivity index (χ0) is 69.4. The molecule has 0 saturated carbocycles. The Bertz CT molecular complexity index is 2020. The van der Waals surface area contributed by atoms with E-state index in [4.69, 9.17) is 52.1 Å². The lowest BCUT2D eigenvalue weighted by Crippen LogP contribution is -2.26. The van der Waals surface area contributed by atoms with Crippen LogP contribution >= 0.6 is 0 Å². The first-order chi connectivity index (χ1) is 45.4. The molecule has 0 bridgehead atoms. The number of rotatable bonds is 66. The van der Waals surface area contributed by atoms with Crippen LogP contribution in [0.25, 0.3) is 0 Å². The molecule has 1 atom stereocenters. The van der Waals surface area contributed by atoms with Gasteiger partial charge in [0.1, 0.15) is 0 Å². The fourth-order valence-corrected chi connectivity index (χ4v) is 9.16. The molecular weight excluding hydrogens is 1220 g/mol. The van der Waals surface area contributed by atoms with Crippen molar-refractivity contribution >= 4 is 65.7 Å². The first-order valence-corrected chi connectivity index (χ1v) is 36.2. The summed E-state index contributed by atoms with van der Waals surface area (Å²) in [6.07, 6.45) is 26.6. The van der Waals surface area contributed by atoms with Crippen LogP contribution in [0.3, 0.4) is 0 Å². The van der Waals surface area contributed by atoms with Gasteiger partial charge >= 0.3 is 65.7 Å². The van der Waals surface area contributed by atoms with Gasteiger partial charge < -0.3 is 52.1 Å². The molecule has 1 unspecified atom stereocenters. The fraction of sp³-hybridized carbons (Fsp3) is 0.847. The highest BCUT2D eigenvalue weighted by Crippen LogP contribution is 2.22. The Morgan fingerprint density at radius 2 is 0.447 bits per heavy atom. The zero-order valence-electron chi connectivity index (χ0n) is 58.7. The van der Waals surface area contributed by atoms with E-state index in [1.54, 1.807) is 0 Å². The summed E-state index contributed by atoms with van der Waals surface area (Å²) >= 11 is 0. The van der Waals surface area contributed by atoms with Gasteiger partial charge in [0.25, 0.3) is 0 Å². The number of esters is 11. The van der Waals surface area contributed by atoms with E-state index >= 15 is 0 Å². The van der Waals surface area contributed by atoms with E-state index in [0.29, 0.717) is 193 Å². The second kappa shape index (κ2) is 63.2. The maximum absolute atomic E-state index is 12.1. The molecule has 0 heterocycles. The van der Waals surface area contributed by atoms with E-state index in [9.17, 15) is 52.7 Å². The first-order valence-electron chi connectivity index (χ1n) is 36.2. The highest BCUT2D eigenvalue weighted by atomic mass is 16.6. The fourth-order valence-electron chi connectivity index (χ4n) is 9.16. The Balaban J connectivity index is 3.54. The largest absolute Gasteiger partial charge is 0.466 e. The van der Waals surface area contributed by atoms with Crippen LogP contribution in [-0.4, -0.2) is 138 Å². The van der Waals surface area contributed by atoms with Gasteiger partial charge in [-0.25, -0.2) is 0 Å². The minimum Gasteiger partial charge on any atom is -0.466 e. The van der Waals surface area contributed by atoms with Crippen molar-refractivity contribution in [3.8, 4) is 0 Å². The van der Waals surface area contributed by atoms with Crippen molar-refractivity contribution in [2.45, 2.75) is 311 Å². The van der Waals surface area contributed by atoms with Gasteiger partial charge in [0.2, 0.25) is 0 Å². The minimum absolute atomic E-state index is 0.157. The van der Waals surface area contributed by atoms with Crippen LogP contribution < -0.4 is 0 Å². The molecule has 0 fully saturated rings. The molecule has 0 aliphatic rings. The van der Waals surface area contributed by atoms with Crippen LogP contribution in [0.4, 0.5) is 0 Å². The number of unbranched alkanes of at least 4 members (excludes halogenated alkanes) is 19. The molecule has 0 aliphatic heterocycles. The van der Waals surface area contributed by atoms with Gasteiger partial charge in [0.05, 0.1) is 78.1 Å². The molecule has 0 aromatic rings. The van der Waals surface area contributed by atoms with Crippen molar-refractivity contribution in [2.75, 3.05) is 72.7 Å². The Morgan fingerprint density at radius 1 is 0.245 bits per heavy atom. The maximum Gasteiger partial charge on any atom is 0.311 e. The van der Waals surface area contributed by atoms with Crippen molar-refractivity contribution in [2.24, 2.45) is 11.3 Å². The molecule has 0 aromatic carbocycles. The van der Waals surface area contributed by atoms with Crippen molar-refractivity contribution in [3.05, 3.63) is 0 Å². The molecule has 0 radical (unpaired) electrons. The lowest BCUT2D eigenvalue weighted by atomic mass is 9.91. The van der Waals surface area contributed by atoms with Gasteiger partial charge in [0, 0.05) is 64.2 Å². The highest BCUT2D eigenvalue weighted by molar-refractivity contribution is 5.76. The first kappa shape index (κ1) is 88.2. The zero-order valence-corrected chi connectivity index (χ0v) is 58.7. The number of carbonyl (C=O) groups excluding carboxylic acids is 11. The molecule has 0 spiro atoms. The molecule has 94 heavy (non-hydrogen) atoms. The quantitative estimate of drug-likeness (QED) is 0.0310. The van der Waals surface area contributed by atoms with E-state index < -0.39 is 5.41 Å². The normalized spacial score (nSPS) is 11.4. The molecule has 544 valence electrons. The Hall–Kier alpha value is -5.83. The molecule has 0 amide bonds. The molecule has 0 saturated heterocycles. The monoisotopic (exact) mass is 1340 g/mol. The molecule has 0 aromatic heterocycles. The number of ether oxygens (including phenoxy) is 11. The summed E-state index contributed by atoms with van der Waals surface area (Å²) < 4.78 is 58.2. The van der Waals surface area contributed by atoms with Crippen molar-refractivity contribution in [1.29, 1.82) is 0 Å². The van der Waals surface area contributed by atoms with Gasteiger partial charge in [-0.05, 0) is 212 Å². The van der Waals surface area contributed by atoms with Crippen LogP contribution in [0.2, 0.25) is 0 Å². The predicted molar refractivity (Wildman–Crippen MR) is 353 cm³/mol. The van der Waals surface area contributed by atoms with E-state index in [-0.39, 0.29) is 157 Å². The second-order valence-corrected chi connectivity index (χ2v) is 24.9. The van der Waals surface area contributed by atoms with Gasteiger partial charge in [-0.15, -0.1) is 0 Å². The highest BCUT2D eigenvalue weighted by Gasteiger charge is 2.27. The third-order valence-corrected chi connectivity index (χ3v) is 15.8. The lowest BCUT2D eigenvalue weighted by Gasteiger charge is -2.20. The minimum atomic E-state index is -0.537. The van der Waals surface area contributed by atoms with E-state index in [1.165, 1.54) is 0 Å². The summed E-state index contributed by atoms with van der Waals surface area (Å²) in [5.41, 5.74) is -0.537. The van der Waals surface area contributed by atoms with E-state index in [1.807, 2.05) is 20.8 Å². The van der Waals surface area contributed by atoms with Crippen molar-refractivity contribution in [1.82, 2.24) is 0 Å². The van der Waals surface area contributed by atoms with Gasteiger partial charge in [-0.2, -0.15) is 0 Å². The van der Waals surface area contributed by atoms with Crippen LogP contribution in [0, 0.1) is 11.3 Å². The summed E-state index contributed by atoms with van der Waals surface area (Å²) in [7, 11) is 0. The van der Waals surface area contributed by atoms with Gasteiger partial charge in [0.15, 0.2) is 0 Å². The van der Waals surface area contributed by atoms with Crippen molar-refractivity contribution in [3.63, 3.8) is 0 Å². The smallest absolute Gasteiger partial charge is 0.311 e. The predicted octanol–water partition coefficient (Wildman–Crippen LogP) is 14.4. The topological polar surface area (TPSA) is 289 Å². The lowest BCUT2D eigenvalue weighted by molar-refractivity contribution is -0.155. The summed E-state index contributed by atoms with van der Waals surface area (Å²) in [4.78, 5) is 132. The van der Waals surface area contributed by atoms with Crippen LogP contribution in [0.15, 0.2) is 0 Å². The number of hydrogen-bond acceptors (Lipinski definition) is 22. The van der Waals surface area contributed by atoms with Crippen molar-refractivity contribution < 1.29 is 105 Å². The molecule has 0 N–H and O–H groups in total. The average Bonchev–Trinajstić information content (AvgIpc) is 2.89. The number of carbonyl (C=O) groups is 11. The molecule has 22 nitrogen and oxygen atoms in total. The molecule has 0 rings (SSSR count). The molecule has 22 heteroatoms. The van der Waals surface area contributed by atoms with Gasteiger partial charge in [-0.3, -0.25) is 52.7 Å². The maximum atomic E-state index is 12.1. The van der Waals surface area contributed by atoms with E-state index in [2.05, 4.69) is 13.8 Å². The Labute approximate surface area is 563 Å². The summed E-state index contributed by atoms with van der Waals surface area (Å²) in [5.74, 6) is -2.52. The molecular formula is C72H124O22. The third kappa shape index (κ3) is 59.9. The van der Waals surface area contributed by atoms with Crippen LogP contribution in [0.1, 0.15) is 311 Å². The Kier molecular flexibility index (Phi) is 59.3. The number of hydrogen-bond donors (Lipinski definition) is 0. The summed E-state index contributed by atoms with van der Waals surface area (Å²) in [6.45, 7) is 13.2. The van der Waals surface area contributed by atoms with Crippen LogP contribution in [0.5, 0.6) is 0 Å². The van der Waals surface area contributed by atoms with E-state index in [0.717, 1.165) is 70.6 Å². The summed E-state index contributed by atoms with van der Waals surface area (Å²) in [6, 6.07) is 0. The molecule has 0 aliphatic carbocycles. The average molecular weight is 1340 g/mol. The standard InChI is InChI=1S/C72H124O22/c1-6-9-38-60(7-2)59-94-70(82)47-27-18-36-56-91-68(80)45-25-16-34-54-89-66(78)43-23-14-32-52-87-64(76)41-21-12-30-50-85-62(74)39-19-10-28-49-84-61(73)40-20-11-29-51-86-63(75)42-22-13-31-53-88-65(77)44-24-15-33-55-90-67(79)46-26-17-35-57-92-69(81)48-37-58-93-71(83)72(4,5)8-3/h60H,6-59H2,1-5H3. The third-order valence-electron chi connectivity index (χ3n) is 15.8.